The molecule has 0 heterocycles. The molecular weight excluding hydrogens is 400 g/mol. The van der Waals surface area contributed by atoms with Crippen molar-refractivity contribution in [3.63, 3.8) is 0 Å². The minimum atomic E-state index is 0.220. The van der Waals surface area contributed by atoms with Gasteiger partial charge < -0.3 is 5.11 Å². The highest BCUT2D eigenvalue weighted by atomic mass is 16.2. The van der Waals surface area contributed by atoms with Crippen LogP contribution in [-0.4, -0.2) is 11.7 Å². The molecule has 0 radical (unpaired) electrons. The van der Waals surface area contributed by atoms with Gasteiger partial charge in [-0.2, -0.15) is 0 Å². The third-order valence-corrected chi connectivity index (χ3v) is 7.54. The standard InChI is InChI=1S/C32H24O/c33-19-9-18-28-29-24-14-5-1-10-20(24)22-12-3-7-16-26(22)31(29)32-27-17-8-4-13-23(27)21-11-2-6-15-25(21)30(28)32/h1-8,10-17,28,33H,9,18-19H2. The smallest absolute Gasteiger partial charge is 0.0431 e. The highest BCUT2D eigenvalue weighted by molar-refractivity contribution is 6.25. The molecule has 1 N–H and O–H groups in total. The summed E-state index contributed by atoms with van der Waals surface area (Å²) in [6.07, 6.45) is 1.74. The summed E-state index contributed by atoms with van der Waals surface area (Å²) < 4.78 is 0. The summed E-state index contributed by atoms with van der Waals surface area (Å²) in [6, 6.07) is 35.5. The van der Waals surface area contributed by atoms with Gasteiger partial charge in [-0.1, -0.05) is 97.1 Å². The van der Waals surface area contributed by atoms with Gasteiger partial charge in [-0.05, 0) is 78.2 Å². The van der Waals surface area contributed by atoms with Crippen LogP contribution in [0.4, 0.5) is 0 Å². The zero-order chi connectivity index (χ0) is 21.9. The molecule has 0 unspecified atom stereocenters. The highest BCUT2D eigenvalue weighted by Crippen LogP contribution is 2.57. The average Bonchev–Trinajstić information content (AvgIpc) is 3.24. The fraction of sp³-hybridized carbons (Fsp3) is 0.125. The molecule has 0 spiro atoms. The second-order valence-electron chi connectivity index (χ2n) is 9.18. The van der Waals surface area contributed by atoms with Gasteiger partial charge in [0.25, 0.3) is 0 Å². The van der Waals surface area contributed by atoms with Crippen molar-refractivity contribution >= 4 is 43.1 Å². The van der Waals surface area contributed by atoms with Gasteiger partial charge in [-0.25, -0.2) is 0 Å². The molecule has 0 saturated carbocycles. The molecule has 0 bridgehead atoms. The van der Waals surface area contributed by atoms with Gasteiger partial charge in [-0.3, -0.25) is 0 Å². The van der Waals surface area contributed by atoms with Crippen molar-refractivity contribution in [1.29, 1.82) is 0 Å². The molecular formula is C32H24O. The van der Waals surface area contributed by atoms with Crippen molar-refractivity contribution in [2.24, 2.45) is 0 Å². The molecule has 0 atom stereocenters. The maximum absolute atomic E-state index is 9.79. The SMILES string of the molecule is OCCCC1c2c(c3ccccc3c3ccccc23)-c2c1c1ccccc1c1ccccc21. The van der Waals surface area contributed by atoms with E-state index in [-0.39, 0.29) is 12.5 Å². The molecule has 6 aromatic rings. The van der Waals surface area contributed by atoms with Crippen molar-refractivity contribution in [1.82, 2.24) is 0 Å². The molecule has 0 aromatic heterocycles. The lowest BCUT2D eigenvalue weighted by molar-refractivity contribution is 0.282. The minimum Gasteiger partial charge on any atom is -0.396 e. The predicted octanol–water partition coefficient (Wildman–Crippen LogP) is 8.18. The van der Waals surface area contributed by atoms with Crippen LogP contribution >= 0.6 is 0 Å². The van der Waals surface area contributed by atoms with Crippen LogP contribution in [0.3, 0.4) is 0 Å². The maximum atomic E-state index is 9.79. The summed E-state index contributed by atoms with van der Waals surface area (Å²) in [5.74, 6) is 0.270. The molecule has 6 aromatic carbocycles. The Hall–Kier alpha value is -3.68. The second kappa shape index (κ2) is 7.16. The predicted molar refractivity (Wildman–Crippen MR) is 140 cm³/mol. The largest absolute Gasteiger partial charge is 0.396 e. The topological polar surface area (TPSA) is 20.2 Å². The lowest BCUT2D eigenvalue weighted by Gasteiger charge is -2.18. The Morgan fingerprint density at radius 3 is 1.18 bits per heavy atom. The van der Waals surface area contributed by atoms with Gasteiger partial charge in [0.1, 0.15) is 0 Å². The van der Waals surface area contributed by atoms with Crippen LogP contribution in [0.2, 0.25) is 0 Å². The molecule has 1 aliphatic rings. The molecule has 33 heavy (non-hydrogen) atoms. The van der Waals surface area contributed by atoms with Crippen molar-refractivity contribution in [3.05, 3.63) is 108 Å². The van der Waals surface area contributed by atoms with E-state index in [0.29, 0.717) is 0 Å². The lowest BCUT2D eigenvalue weighted by atomic mass is 9.85. The fourth-order valence-electron chi connectivity index (χ4n) is 6.33. The van der Waals surface area contributed by atoms with Crippen LogP contribution in [-0.2, 0) is 0 Å². The van der Waals surface area contributed by atoms with Crippen LogP contribution in [0.25, 0.3) is 54.2 Å². The van der Waals surface area contributed by atoms with E-state index in [1.54, 1.807) is 0 Å². The number of aliphatic hydroxyl groups excluding tert-OH is 1. The van der Waals surface area contributed by atoms with E-state index in [1.807, 2.05) is 0 Å². The van der Waals surface area contributed by atoms with Crippen molar-refractivity contribution in [3.8, 4) is 11.1 Å². The molecule has 0 fully saturated rings. The van der Waals surface area contributed by atoms with Gasteiger partial charge in [-0.15, -0.1) is 0 Å². The van der Waals surface area contributed by atoms with Gasteiger partial charge in [0.15, 0.2) is 0 Å². The minimum absolute atomic E-state index is 0.220. The summed E-state index contributed by atoms with van der Waals surface area (Å²) in [5.41, 5.74) is 5.66. The van der Waals surface area contributed by atoms with Crippen molar-refractivity contribution in [2.75, 3.05) is 6.61 Å². The van der Waals surface area contributed by atoms with Gasteiger partial charge in [0, 0.05) is 12.5 Å². The van der Waals surface area contributed by atoms with E-state index in [0.717, 1.165) is 12.8 Å². The Kier molecular flexibility index (Phi) is 4.09. The Morgan fingerprint density at radius 1 is 0.455 bits per heavy atom. The van der Waals surface area contributed by atoms with E-state index in [9.17, 15) is 5.11 Å². The summed E-state index contributed by atoms with van der Waals surface area (Å²) in [5, 5.41) is 20.4. The molecule has 7 rings (SSSR count). The molecule has 1 heteroatoms. The Bertz CT molecular complexity index is 1580. The summed E-state index contributed by atoms with van der Waals surface area (Å²) in [7, 11) is 0. The fourth-order valence-corrected chi connectivity index (χ4v) is 6.33. The first-order valence-electron chi connectivity index (χ1n) is 11.9. The first-order valence-corrected chi connectivity index (χ1v) is 11.9. The number of aliphatic hydroxyl groups is 1. The zero-order valence-electron chi connectivity index (χ0n) is 18.4. The van der Waals surface area contributed by atoms with Crippen LogP contribution in [0, 0.1) is 0 Å². The average molecular weight is 425 g/mol. The van der Waals surface area contributed by atoms with Crippen LogP contribution in [0.15, 0.2) is 97.1 Å². The van der Waals surface area contributed by atoms with Crippen LogP contribution in [0.1, 0.15) is 29.9 Å². The normalized spacial score (nSPS) is 13.2. The number of hydrogen-bond donors (Lipinski definition) is 1. The summed E-state index contributed by atoms with van der Waals surface area (Å²) in [6.45, 7) is 0.220. The third-order valence-electron chi connectivity index (χ3n) is 7.54. The van der Waals surface area contributed by atoms with Crippen LogP contribution in [0.5, 0.6) is 0 Å². The van der Waals surface area contributed by atoms with Crippen molar-refractivity contribution < 1.29 is 5.11 Å². The number of hydrogen-bond acceptors (Lipinski definition) is 1. The van der Waals surface area contributed by atoms with Gasteiger partial charge in [0.2, 0.25) is 0 Å². The first kappa shape index (κ1) is 18.8. The number of rotatable bonds is 3. The second-order valence-corrected chi connectivity index (χ2v) is 9.18. The maximum Gasteiger partial charge on any atom is 0.0431 e. The summed E-state index contributed by atoms with van der Waals surface area (Å²) in [4.78, 5) is 0. The number of fused-ring (bicyclic) bond motifs is 13. The van der Waals surface area contributed by atoms with Gasteiger partial charge >= 0.3 is 0 Å². The number of benzene rings is 6. The van der Waals surface area contributed by atoms with E-state index in [2.05, 4.69) is 97.1 Å². The van der Waals surface area contributed by atoms with Crippen LogP contribution < -0.4 is 0 Å². The molecule has 0 saturated heterocycles. The summed E-state index contributed by atoms with van der Waals surface area (Å²) >= 11 is 0. The van der Waals surface area contributed by atoms with Gasteiger partial charge in [0.05, 0.1) is 0 Å². The van der Waals surface area contributed by atoms with E-state index >= 15 is 0 Å². The van der Waals surface area contributed by atoms with E-state index in [1.165, 1.54) is 65.3 Å². The molecule has 0 aliphatic heterocycles. The first-order chi connectivity index (χ1) is 16.4. The lowest BCUT2D eigenvalue weighted by Crippen LogP contribution is -2.01. The van der Waals surface area contributed by atoms with E-state index < -0.39 is 0 Å². The Labute approximate surface area is 192 Å². The third kappa shape index (κ3) is 2.52. The zero-order valence-corrected chi connectivity index (χ0v) is 18.4. The Balaban J connectivity index is 1.77. The highest BCUT2D eigenvalue weighted by Gasteiger charge is 2.35. The molecule has 1 aliphatic carbocycles. The van der Waals surface area contributed by atoms with E-state index in [4.69, 9.17) is 0 Å². The Morgan fingerprint density at radius 2 is 0.788 bits per heavy atom. The molecule has 1 nitrogen and oxygen atoms in total. The quantitative estimate of drug-likeness (QED) is 0.284. The monoisotopic (exact) mass is 424 g/mol. The molecule has 158 valence electrons. The molecule has 0 amide bonds. The van der Waals surface area contributed by atoms with Crippen molar-refractivity contribution in [2.45, 2.75) is 18.8 Å².